The van der Waals surface area contributed by atoms with Crippen molar-refractivity contribution >= 4 is 27.5 Å². The fourth-order valence-corrected chi connectivity index (χ4v) is 6.24. The Bertz CT molecular complexity index is 1600. The minimum Gasteiger partial charge on any atom is -0.348 e. The summed E-state index contributed by atoms with van der Waals surface area (Å²) in [7, 11) is -3.51. The van der Waals surface area contributed by atoms with Crippen molar-refractivity contribution in [1.29, 1.82) is 0 Å². The van der Waals surface area contributed by atoms with Gasteiger partial charge in [0.25, 0.3) is 11.8 Å². The first-order valence-electron chi connectivity index (χ1n) is 13.5. The average Bonchev–Trinajstić information content (AvgIpc) is 3.01. The number of rotatable bonds is 9. The van der Waals surface area contributed by atoms with Gasteiger partial charge in [-0.2, -0.15) is 4.31 Å². The summed E-state index contributed by atoms with van der Waals surface area (Å²) in [5.41, 5.74) is 3.23. The minimum atomic E-state index is -3.51. The van der Waals surface area contributed by atoms with Crippen molar-refractivity contribution in [3.63, 3.8) is 0 Å². The highest BCUT2D eigenvalue weighted by atomic mass is 32.2. The normalized spacial score (nSPS) is 14.3. The van der Waals surface area contributed by atoms with Crippen LogP contribution in [0.15, 0.2) is 114 Å². The molecule has 0 saturated carbocycles. The highest BCUT2D eigenvalue weighted by molar-refractivity contribution is 7.89. The Hall–Kier alpha value is -4.31. The number of para-hydroxylation sites is 1. The monoisotopic (exact) mass is 568 g/mol. The van der Waals surface area contributed by atoms with Crippen molar-refractivity contribution in [2.45, 2.75) is 18.0 Å². The van der Waals surface area contributed by atoms with Gasteiger partial charge in [-0.3, -0.25) is 14.5 Å². The highest BCUT2D eigenvalue weighted by Crippen LogP contribution is 2.20. The molecule has 1 saturated heterocycles. The Balaban J connectivity index is 1.19. The molecule has 0 spiro atoms. The molecule has 0 aliphatic carbocycles. The fraction of sp³-hybridized carbons (Fsp3) is 0.188. The van der Waals surface area contributed by atoms with E-state index >= 15 is 0 Å². The number of nitrogens with zero attached hydrogens (tertiary/aromatic N) is 2. The number of carbonyl (C=O) groups excluding carboxylic acids is 2. The first-order valence-corrected chi connectivity index (χ1v) is 14.9. The molecular formula is C32H32N4O4S. The summed E-state index contributed by atoms with van der Waals surface area (Å²) in [5.74, 6) is -0.583. The molecule has 0 unspecified atom stereocenters. The van der Waals surface area contributed by atoms with Crippen molar-refractivity contribution in [3.8, 4) is 0 Å². The van der Waals surface area contributed by atoms with Gasteiger partial charge in [-0.05, 0) is 47.5 Å². The van der Waals surface area contributed by atoms with Crippen LogP contribution in [0.25, 0.3) is 0 Å². The minimum absolute atomic E-state index is 0.271. The van der Waals surface area contributed by atoms with E-state index in [9.17, 15) is 18.0 Å². The molecule has 0 aromatic heterocycles. The topological polar surface area (TPSA) is 98.8 Å². The summed E-state index contributed by atoms with van der Waals surface area (Å²) < 4.78 is 27.4. The largest absolute Gasteiger partial charge is 0.348 e. The van der Waals surface area contributed by atoms with Crippen molar-refractivity contribution in [3.05, 3.63) is 131 Å². The van der Waals surface area contributed by atoms with E-state index in [2.05, 4.69) is 15.5 Å². The molecule has 5 rings (SSSR count). The lowest BCUT2D eigenvalue weighted by atomic mass is 10.1. The number of carbonyl (C=O) groups is 2. The van der Waals surface area contributed by atoms with Crippen LogP contribution in [0.1, 0.15) is 31.8 Å². The maximum Gasteiger partial charge on any atom is 0.255 e. The van der Waals surface area contributed by atoms with Crippen molar-refractivity contribution in [2.75, 3.05) is 31.5 Å². The predicted octanol–water partition coefficient (Wildman–Crippen LogP) is 4.38. The number of piperazine rings is 1. The van der Waals surface area contributed by atoms with E-state index in [0.717, 1.165) is 11.1 Å². The van der Waals surface area contributed by atoms with Crippen LogP contribution in [0, 0.1) is 0 Å². The summed E-state index contributed by atoms with van der Waals surface area (Å²) in [6, 6.07) is 32.4. The zero-order valence-corrected chi connectivity index (χ0v) is 23.4. The van der Waals surface area contributed by atoms with E-state index in [1.54, 1.807) is 60.7 Å². The molecular weight excluding hydrogens is 536 g/mol. The zero-order valence-electron chi connectivity index (χ0n) is 22.6. The molecule has 1 fully saturated rings. The molecule has 1 aliphatic heterocycles. The number of anilines is 1. The first-order chi connectivity index (χ1) is 19.9. The maximum atomic E-state index is 13.2. The van der Waals surface area contributed by atoms with Crippen LogP contribution in [0.4, 0.5) is 5.69 Å². The van der Waals surface area contributed by atoms with E-state index in [1.165, 1.54) is 4.31 Å². The number of hydrogen-bond acceptors (Lipinski definition) is 5. The maximum absolute atomic E-state index is 13.2. The van der Waals surface area contributed by atoms with Crippen molar-refractivity contribution in [2.24, 2.45) is 0 Å². The second kappa shape index (κ2) is 12.9. The average molecular weight is 569 g/mol. The van der Waals surface area contributed by atoms with Crippen LogP contribution in [-0.4, -0.2) is 55.6 Å². The lowest BCUT2D eigenvalue weighted by molar-refractivity contribution is 0.0951. The Labute approximate surface area is 240 Å². The summed E-state index contributed by atoms with van der Waals surface area (Å²) in [6.07, 6.45) is 0. The van der Waals surface area contributed by atoms with E-state index in [1.807, 2.05) is 48.5 Å². The number of hydrogen-bond donors (Lipinski definition) is 2. The SMILES string of the molecule is O=C(Nc1ccccc1C(=O)NCc1ccccc1)c1cccc(CN2CCN(S(=O)(=O)c3ccccc3)CC2)c1. The summed E-state index contributed by atoms with van der Waals surface area (Å²) >= 11 is 0. The summed E-state index contributed by atoms with van der Waals surface area (Å²) in [6.45, 7) is 2.97. The summed E-state index contributed by atoms with van der Waals surface area (Å²) in [4.78, 5) is 28.5. The van der Waals surface area contributed by atoms with Gasteiger partial charge in [0, 0.05) is 44.8 Å². The molecule has 9 heteroatoms. The molecule has 1 aliphatic rings. The van der Waals surface area contributed by atoms with E-state index in [-0.39, 0.29) is 11.8 Å². The first kappa shape index (κ1) is 28.2. The van der Waals surface area contributed by atoms with Gasteiger partial charge in [0.15, 0.2) is 0 Å². The van der Waals surface area contributed by atoms with Gasteiger partial charge < -0.3 is 10.6 Å². The Morgan fingerprint density at radius 2 is 1.32 bits per heavy atom. The Morgan fingerprint density at radius 3 is 2.05 bits per heavy atom. The molecule has 0 atom stereocenters. The highest BCUT2D eigenvalue weighted by Gasteiger charge is 2.28. The molecule has 41 heavy (non-hydrogen) atoms. The van der Waals surface area contributed by atoms with Crippen LogP contribution in [-0.2, 0) is 23.1 Å². The third-order valence-corrected chi connectivity index (χ3v) is 8.94. The van der Waals surface area contributed by atoms with Gasteiger partial charge in [0.1, 0.15) is 0 Å². The molecule has 4 aromatic rings. The van der Waals surface area contributed by atoms with Crippen LogP contribution >= 0.6 is 0 Å². The predicted molar refractivity (Wildman–Crippen MR) is 159 cm³/mol. The molecule has 2 N–H and O–H groups in total. The molecule has 2 amide bonds. The zero-order chi connectivity index (χ0) is 28.7. The smallest absolute Gasteiger partial charge is 0.255 e. The second-order valence-corrected chi connectivity index (χ2v) is 11.8. The van der Waals surface area contributed by atoms with Gasteiger partial charge in [-0.1, -0.05) is 72.8 Å². The van der Waals surface area contributed by atoms with Crippen LogP contribution in [0.3, 0.4) is 0 Å². The van der Waals surface area contributed by atoms with Gasteiger partial charge >= 0.3 is 0 Å². The quantitative estimate of drug-likeness (QED) is 0.312. The number of nitrogens with one attached hydrogen (secondary N) is 2. The molecule has 1 heterocycles. The fourth-order valence-electron chi connectivity index (χ4n) is 4.80. The van der Waals surface area contributed by atoms with Crippen LogP contribution in [0.5, 0.6) is 0 Å². The molecule has 0 bridgehead atoms. The lowest BCUT2D eigenvalue weighted by Gasteiger charge is -2.34. The van der Waals surface area contributed by atoms with Crippen molar-refractivity contribution in [1.82, 2.24) is 14.5 Å². The molecule has 4 aromatic carbocycles. The molecule has 8 nitrogen and oxygen atoms in total. The standard InChI is InChI=1S/C32H32N4O4S/c37-31(34-30-17-8-7-16-29(30)32(38)33-23-25-10-3-1-4-11-25)27-13-9-12-26(22-27)24-35-18-20-36(21-19-35)41(39,40)28-14-5-2-6-15-28/h1-17,22H,18-21,23-24H2,(H,33,38)(H,34,37). The van der Waals surface area contributed by atoms with Gasteiger partial charge in [-0.15, -0.1) is 0 Å². The van der Waals surface area contributed by atoms with Crippen LogP contribution in [0.2, 0.25) is 0 Å². The van der Waals surface area contributed by atoms with E-state index in [4.69, 9.17) is 0 Å². The third-order valence-electron chi connectivity index (χ3n) is 7.02. The van der Waals surface area contributed by atoms with Crippen molar-refractivity contribution < 1.29 is 18.0 Å². The third kappa shape index (κ3) is 7.07. The van der Waals surface area contributed by atoms with Crippen LogP contribution < -0.4 is 10.6 Å². The lowest BCUT2D eigenvalue weighted by Crippen LogP contribution is -2.48. The Morgan fingerprint density at radius 1 is 0.683 bits per heavy atom. The molecule has 210 valence electrons. The van der Waals surface area contributed by atoms with E-state index in [0.29, 0.717) is 61.0 Å². The number of amides is 2. The second-order valence-electron chi connectivity index (χ2n) is 9.86. The van der Waals surface area contributed by atoms with Gasteiger partial charge in [-0.25, -0.2) is 8.42 Å². The Kier molecular flexibility index (Phi) is 8.88. The van der Waals surface area contributed by atoms with Gasteiger partial charge in [0.2, 0.25) is 10.0 Å². The van der Waals surface area contributed by atoms with E-state index < -0.39 is 10.0 Å². The summed E-state index contributed by atoms with van der Waals surface area (Å²) in [5, 5.41) is 5.80. The number of sulfonamides is 1. The van der Waals surface area contributed by atoms with Gasteiger partial charge in [0.05, 0.1) is 16.1 Å². The number of benzene rings is 4. The molecule has 0 radical (unpaired) electrons.